The number of nitrogens with zero attached hydrogens (tertiary/aromatic N) is 2. The molecule has 1 amide bonds. The third-order valence-corrected chi connectivity index (χ3v) is 2.98. The number of carbonyl (C=O) groups is 1. The van der Waals surface area contributed by atoms with Gasteiger partial charge in [-0.2, -0.15) is 5.10 Å². The van der Waals surface area contributed by atoms with Gasteiger partial charge >= 0.3 is 0 Å². The van der Waals surface area contributed by atoms with Crippen LogP contribution in [0.5, 0.6) is 0 Å². The fraction of sp³-hybridized carbons (Fsp3) is 0.286. The number of hydrogen-bond donors (Lipinski definition) is 2. The number of nitrogens with two attached hydrogens (primary N) is 1. The molecular weight excluding hydrogens is 240 g/mol. The molecule has 0 saturated heterocycles. The third kappa shape index (κ3) is 3.84. The molecule has 0 aliphatic carbocycles. The molecule has 1 aromatic heterocycles. The molecule has 19 heavy (non-hydrogen) atoms. The summed E-state index contributed by atoms with van der Waals surface area (Å²) in [5.41, 5.74) is 8.49. The van der Waals surface area contributed by atoms with Crippen LogP contribution < -0.4 is 11.1 Å². The number of benzene rings is 1. The topological polar surface area (TPSA) is 72.9 Å². The van der Waals surface area contributed by atoms with E-state index in [1.165, 1.54) is 0 Å². The monoisotopic (exact) mass is 258 g/mol. The molecule has 5 heteroatoms. The highest BCUT2D eigenvalue weighted by molar-refractivity contribution is 5.76. The van der Waals surface area contributed by atoms with Crippen LogP contribution in [-0.4, -0.2) is 15.7 Å². The second kappa shape index (κ2) is 6.04. The van der Waals surface area contributed by atoms with Crippen molar-refractivity contribution >= 4 is 11.6 Å². The van der Waals surface area contributed by atoms with Gasteiger partial charge in [0.25, 0.3) is 0 Å². The molecule has 0 saturated carbocycles. The molecular formula is C14H18N4O. The van der Waals surface area contributed by atoms with E-state index in [4.69, 9.17) is 5.73 Å². The summed E-state index contributed by atoms with van der Waals surface area (Å²) in [7, 11) is 1.86. The lowest BCUT2D eigenvalue weighted by atomic mass is 10.1. The van der Waals surface area contributed by atoms with Gasteiger partial charge in [-0.05, 0) is 30.2 Å². The summed E-state index contributed by atoms with van der Waals surface area (Å²) in [5.74, 6) is 0.0311. The first kappa shape index (κ1) is 13.1. The van der Waals surface area contributed by atoms with Crippen molar-refractivity contribution in [3.8, 4) is 0 Å². The van der Waals surface area contributed by atoms with Gasteiger partial charge in [0.2, 0.25) is 5.91 Å². The van der Waals surface area contributed by atoms with Crippen LogP contribution in [0.2, 0.25) is 0 Å². The van der Waals surface area contributed by atoms with Crippen molar-refractivity contribution in [3.63, 3.8) is 0 Å². The van der Waals surface area contributed by atoms with Crippen LogP contribution in [-0.2, 0) is 24.8 Å². The van der Waals surface area contributed by atoms with Gasteiger partial charge in [-0.15, -0.1) is 0 Å². The Kier molecular flexibility index (Phi) is 4.18. The van der Waals surface area contributed by atoms with Crippen molar-refractivity contribution in [2.45, 2.75) is 19.4 Å². The van der Waals surface area contributed by atoms with E-state index in [0.29, 0.717) is 19.4 Å². The Morgan fingerprint density at radius 3 is 2.95 bits per heavy atom. The SMILES string of the molecule is Cn1nccc1CNC(=O)CCc1cccc(N)c1. The first-order valence-corrected chi connectivity index (χ1v) is 6.23. The van der Waals surface area contributed by atoms with Gasteiger partial charge < -0.3 is 11.1 Å². The van der Waals surface area contributed by atoms with Crippen LogP contribution in [0.3, 0.4) is 0 Å². The molecule has 3 N–H and O–H groups in total. The maximum absolute atomic E-state index is 11.7. The van der Waals surface area contributed by atoms with E-state index in [1.54, 1.807) is 10.9 Å². The highest BCUT2D eigenvalue weighted by Gasteiger charge is 2.04. The van der Waals surface area contributed by atoms with Gasteiger partial charge in [-0.25, -0.2) is 0 Å². The Balaban J connectivity index is 1.77. The summed E-state index contributed by atoms with van der Waals surface area (Å²) in [6.07, 6.45) is 2.87. The summed E-state index contributed by atoms with van der Waals surface area (Å²) in [6, 6.07) is 9.50. The van der Waals surface area contributed by atoms with Gasteiger partial charge in [0.1, 0.15) is 0 Å². The zero-order chi connectivity index (χ0) is 13.7. The number of anilines is 1. The van der Waals surface area contributed by atoms with Crippen molar-refractivity contribution in [1.82, 2.24) is 15.1 Å². The lowest BCUT2D eigenvalue weighted by molar-refractivity contribution is -0.121. The minimum absolute atomic E-state index is 0.0311. The quantitative estimate of drug-likeness (QED) is 0.793. The Morgan fingerprint density at radius 2 is 2.26 bits per heavy atom. The number of nitrogens with one attached hydrogen (secondary N) is 1. The predicted molar refractivity (Wildman–Crippen MR) is 74.2 cm³/mol. The van der Waals surface area contributed by atoms with Gasteiger partial charge in [0.15, 0.2) is 0 Å². The predicted octanol–water partition coefficient (Wildman–Crippen LogP) is 1.25. The number of carbonyl (C=O) groups excluding carboxylic acids is 1. The molecule has 2 rings (SSSR count). The molecule has 100 valence electrons. The number of aryl methyl sites for hydroxylation is 2. The first-order valence-electron chi connectivity index (χ1n) is 6.23. The lowest BCUT2D eigenvalue weighted by Crippen LogP contribution is -2.24. The molecule has 0 aliphatic rings. The molecule has 0 unspecified atom stereocenters. The Labute approximate surface area is 112 Å². The van der Waals surface area contributed by atoms with E-state index in [9.17, 15) is 4.79 Å². The van der Waals surface area contributed by atoms with Crippen LogP contribution in [0.25, 0.3) is 0 Å². The van der Waals surface area contributed by atoms with Crippen LogP contribution in [0, 0.1) is 0 Å². The molecule has 1 heterocycles. The number of amides is 1. The normalized spacial score (nSPS) is 10.4. The second-order valence-corrected chi connectivity index (χ2v) is 4.47. The average molecular weight is 258 g/mol. The first-order chi connectivity index (χ1) is 9.15. The highest BCUT2D eigenvalue weighted by atomic mass is 16.1. The molecule has 0 radical (unpaired) electrons. The molecule has 2 aromatic rings. The van der Waals surface area contributed by atoms with Crippen molar-refractivity contribution in [2.24, 2.45) is 7.05 Å². The summed E-state index contributed by atoms with van der Waals surface area (Å²) in [4.78, 5) is 11.7. The zero-order valence-corrected chi connectivity index (χ0v) is 11.0. The van der Waals surface area contributed by atoms with E-state index in [0.717, 1.165) is 16.9 Å². The largest absolute Gasteiger partial charge is 0.399 e. The van der Waals surface area contributed by atoms with Gasteiger partial charge in [-0.3, -0.25) is 9.48 Å². The molecule has 0 spiro atoms. The van der Waals surface area contributed by atoms with Crippen molar-refractivity contribution in [1.29, 1.82) is 0 Å². The second-order valence-electron chi connectivity index (χ2n) is 4.47. The fourth-order valence-electron chi connectivity index (χ4n) is 1.86. The van der Waals surface area contributed by atoms with Crippen LogP contribution in [0.1, 0.15) is 17.7 Å². The summed E-state index contributed by atoms with van der Waals surface area (Å²) < 4.78 is 1.75. The van der Waals surface area contributed by atoms with Crippen LogP contribution >= 0.6 is 0 Å². The van der Waals surface area contributed by atoms with E-state index in [1.807, 2.05) is 37.4 Å². The van der Waals surface area contributed by atoms with Crippen LogP contribution in [0.15, 0.2) is 36.5 Å². The lowest BCUT2D eigenvalue weighted by Gasteiger charge is -2.06. The molecule has 0 bridgehead atoms. The molecule has 5 nitrogen and oxygen atoms in total. The highest BCUT2D eigenvalue weighted by Crippen LogP contribution is 2.08. The smallest absolute Gasteiger partial charge is 0.220 e. The van der Waals surface area contributed by atoms with Crippen molar-refractivity contribution in [2.75, 3.05) is 5.73 Å². The summed E-state index contributed by atoms with van der Waals surface area (Å²) >= 11 is 0. The number of nitrogen functional groups attached to an aromatic ring is 1. The van der Waals surface area contributed by atoms with Gasteiger partial charge in [0.05, 0.1) is 12.2 Å². The Bertz CT molecular complexity index is 562. The number of rotatable bonds is 5. The van der Waals surface area contributed by atoms with E-state index >= 15 is 0 Å². The van der Waals surface area contributed by atoms with Gasteiger partial charge in [0, 0.05) is 25.4 Å². The zero-order valence-electron chi connectivity index (χ0n) is 11.0. The molecule has 0 fully saturated rings. The minimum atomic E-state index is 0.0311. The summed E-state index contributed by atoms with van der Waals surface area (Å²) in [5, 5.41) is 6.93. The Morgan fingerprint density at radius 1 is 1.42 bits per heavy atom. The number of aromatic nitrogens is 2. The Hall–Kier alpha value is -2.30. The van der Waals surface area contributed by atoms with Crippen molar-refractivity contribution < 1.29 is 4.79 Å². The van der Waals surface area contributed by atoms with E-state index < -0.39 is 0 Å². The van der Waals surface area contributed by atoms with E-state index in [-0.39, 0.29) is 5.91 Å². The molecule has 0 atom stereocenters. The molecule has 0 aliphatic heterocycles. The third-order valence-electron chi connectivity index (χ3n) is 2.98. The fourth-order valence-corrected chi connectivity index (χ4v) is 1.86. The van der Waals surface area contributed by atoms with Crippen molar-refractivity contribution in [3.05, 3.63) is 47.8 Å². The average Bonchev–Trinajstić information content (AvgIpc) is 2.80. The standard InChI is InChI=1S/C14H18N4O/c1-18-13(7-8-17-18)10-16-14(19)6-5-11-3-2-4-12(15)9-11/h2-4,7-9H,5-6,10,15H2,1H3,(H,16,19). The number of hydrogen-bond acceptors (Lipinski definition) is 3. The maximum atomic E-state index is 11.7. The van der Waals surface area contributed by atoms with Crippen LogP contribution in [0.4, 0.5) is 5.69 Å². The summed E-state index contributed by atoms with van der Waals surface area (Å²) in [6.45, 7) is 0.506. The van der Waals surface area contributed by atoms with E-state index in [2.05, 4.69) is 10.4 Å². The van der Waals surface area contributed by atoms with Gasteiger partial charge in [-0.1, -0.05) is 12.1 Å². The molecule has 1 aromatic carbocycles. The maximum Gasteiger partial charge on any atom is 0.220 e. The minimum Gasteiger partial charge on any atom is -0.399 e.